The second kappa shape index (κ2) is 8.09. The van der Waals surface area contributed by atoms with Crippen molar-refractivity contribution in [3.63, 3.8) is 0 Å². The van der Waals surface area contributed by atoms with Crippen molar-refractivity contribution in [3.05, 3.63) is 0 Å². The number of esters is 3. The standard InChI is InChI=1S/C14H22O8/c1-6-18-14-13(22-10(5)17)12(21-9(4)16)11(7(2)19-14)20-8(3)15/h7,11-14H,6H2,1-5H3/t7-,11+,12+,13-,14-/m0/s1. The number of carbonyl (C=O) groups is 3. The summed E-state index contributed by atoms with van der Waals surface area (Å²) in [7, 11) is 0. The van der Waals surface area contributed by atoms with Crippen molar-refractivity contribution >= 4 is 17.9 Å². The molecule has 1 saturated heterocycles. The molecular formula is C14H22O8. The SMILES string of the molecule is CCO[C@H]1O[C@@H](C)[C@@H](OC(C)=O)[C@@H](OC(C)=O)[C@@H]1OC(C)=O. The molecule has 0 aromatic carbocycles. The monoisotopic (exact) mass is 318 g/mol. The lowest BCUT2D eigenvalue weighted by molar-refractivity contribution is -0.299. The van der Waals surface area contributed by atoms with Crippen LogP contribution in [0.5, 0.6) is 0 Å². The van der Waals surface area contributed by atoms with Gasteiger partial charge in [0.25, 0.3) is 0 Å². The van der Waals surface area contributed by atoms with Gasteiger partial charge in [0.15, 0.2) is 24.6 Å². The highest BCUT2D eigenvalue weighted by Crippen LogP contribution is 2.29. The molecule has 5 atom stereocenters. The zero-order valence-electron chi connectivity index (χ0n) is 13.4. The van der Waals surface area contributed by atoms with Crippen LogP contribution in [-0.2, 0) is 38.1 Å². The molecule has 8 nitrogen and oxygen atoms in total. The van der Waals surface area contributed by atoms with Crippen LogP contribution in [0.15, 0.2) is 0 Å². The van der Waals surface area contributed by atoms with Gasteiger partial charge in [0.05, 0.1) is 6.10 Å². The zero-order chi connectivity index (χ0) is 16.9. The zero-order valence-corrected chi connectivity index (χ0v) is 13.4. The normalized spacial score (nSPS) is 31.2. The van der Waals surface area contributed by atoms with E-state index in [1.165, 1.54) is 20.8 Å². The Hall–Kier alpha value is -1.67. The third-order valence-corrected chi connectivity index (χ3v) is 2.96. The van der Waals surface area contributed by atoms with E-state index in [0.717, 1.165) is 0 Å². The lowest BCUT2D eigenvalue weighted by Crippen LogP contribution is -2.61. The third-order valence-electron chi connectivity index (χ3n) is 2.96. The minimum Gasteiger partial charge on any atom is -0.456 e. The van der Waals surface area contributed by atoms with Gasteiger partial charge in [-0.1, -0.05) is 0 Å². The van der Waals surface area contributed by atoms with E-state index < -0.39 is 48.6 Å². The van der Waals surface area contributed by atoms with Crippen molar-refractivity contribution in [2.75, 3.05) is 6.61 Å². The van der Waals surface area contributed by atoms with Gasteiger partial charge in [-0.3, -0.25) is 14.4 Å². The molecule has 8 heteroatoms. The van der Waals surface area contributed by atoms with E-state index in [9.17, 15) is 14.4 Å². The fraction of sp³-hybridized carbons (Fsp3) is 0.786. The molecule has 0 amide bonds. The Kier molecular flexibility index (Phi) is 6.76. The Morgan fingerprint density at radius 3 is 1.77 bits per heavy atom. The molecule has 126 valence electrons. The van der Waals surface area contributed by atoms with Gasteiger partial charge in [-0.2, -0.15) is 0 Å². The van der Waals surface area contributed by atoms with Crippen LogP contribution in [0.25, 0.3) is 0 Å². The summed E-state index contributed by atoms with van der Waals surface area (Å²) in [5.74, 6) is -1.75. The van der Waals surface area contributed by atoms with Crippen LogP contribution in [0, 0.1) is 0 Å². The molecule has 0 aromatic heterocycles. The highest BCUT2D eigenvalue weighted by molar-refractivity contribution is 5.68. The molecular weight excluding hydrogens is 296 g/mol. The van der Waals surface area contributed by atoms with Crippen LogP contribution >= 0.6 is 0 Å². The minimum absolute atomic E-state index is 0.306. The molecule has 0 aromatic rings. The van der Waals surface area contributed by atoms with Gasteiger partial charge < -0.3 is 23.7 Å². The molecule has 0 aliphatic carbocycles. The van der Waals surface area contributed by atoms with Crippen LogP contribution in [-0.4, -0.2) is 55.2 Å². The summed E-state index contributed by atoms with van der Waals surface area (Å²) in [6, 6.07) is 0. The molecule has 0 spiro atoms. The molecule has 0 bridgehead atoms. The summed E-state index contributed by atoms with van der Waals surface area (Å²) in [5, 5.41) is 0. The van der Waals surface area contributed by atoms with Gasteiger partial charge in [-0.15, -0.1) is 0 Å². The van der Waals surface area contributed by atoms with Crippen molar-refractivity contribution in [2.45, 2.75) is 65.3 Å². The van der Waals surface area contributed by atoms with Gasteiger partial charge in [-0.05, 0) is 13.8 Å². The molecule has 0 saturated carbocycles. The predicted octanol–water partition coefficient (Wildman–Crippen LogP) is 0.563. The van der Waals surface area contributed by atoms with E-state index >= 15 is 0 Å². The molecule has 0 radical (unpaired) electrons. The first-order valence-electron chi connectivity index (χ1n) is 7.05. The Bertz CT molecular complexity index is 421. The molecule has 1 heterocycles. The maximum atomic E-state index is 11.4. The van der Waals surface area contributed by atoms with Crippen LogP contribution in [0.2, 0.25) is 0 Å². The summed E-state index contributed by atoms with van der Waals surface area (Å²) < 4.78 is 26.5. The second-order valence-electron chi connectivity index (χ2n) is 4.89. The lowest BCUT2D eigenvalue weighted by Gasteiger charge is -2.43. The first kappa shape index (κ1) is 18.4. The maximum absolute atomic E-state index is 11.4. The van der Waals surface area contributed by atoms with Gasteiger partial charge in [0.1, 0.15) is 0 Å². The summed E-state index contributed by atoms with van der Waals surface area (Å²) >= 11 is 0. The van der Waals surface area contributed by atoms with Crippen molar-refractivity contribution in [1.29, 1.82) is 0 Å². The lowest BCUT2D eigenvalue weighted by atomic mass is 9.99. The fourth-order valence-electron chi connectivity index (χ4n) is 2.27. The average Bonchev–Trinajstić information content (AvgIpc) is 2.37. The molecule has 1 aliphatic rings. The van der Waals surface area contributed by atoms with Crippen molar-refractivity contribution in [1.82, 2.24) is 0 Å². The largest absolute Gasteiger partial charge is 0.456 e. The van der Waals surface area contributed by atoms with E-state index in [0.29, 0.717) is 6.61 Å². The highest BCUT2D eigenvalue weighted by atomic mass is 16.7. The van der Waals surface area contributed by atoms with E-state index in [4.69, 9.17) is 23.7 Å². The smallest absolute Gasteiger partial charge is 0.303 e. The van der Waals surface area contributed by atoms with Crippen LogP contribution in [0.1, 0.15) is 34.6 Å². The topological polar surface area (TPSA) is 97.4 Å². The molecule has 0 unspecified atom stereocenters. The van der Waals surface area contributed by atoms with Gasteiger partial charge >= 0.3 is 17.9 Å². The summed E-state index contributed by atoms with van der Waals surface area (Å²) in [6.45, 7) is 7.36. The first-order chi connectivity index (χ1) is 10.3. The van der Waals surface area contributed by atoms with Crippen LogP contribution in [0.4, 0.5) is 0 Å². The maximum Gasteiger partial charge on any atom is 0.303 e. The highest BCUT2D eigenvalue weighted by Gasteiger charge is 2.50. The Morgan fingerprint density at radius 2 is 1.32 bits per heavy atom. The summed E-state index contributed by atoms with van der Waals surface area (Å²) in [4.78, 5) is 34.0. The van der Waals surface area contributed by atoms with E-state index in [-0.39, 0.29) is 0 Å². The van der Waals surface area contributed by atoms with Gasteiger partial charge in [0.2, 0.25) is 0 Å². The predicted molar refractivity (Wildman–Crippen MR) is 72.6 cm³/mol. The van der Waals surface area contributed by atoms with Crippen molar-refractivity contribution < 1.29 is 38.1 Å². The van der Waals surface area contributed by atoms with E-state index in [2.05, 4.69) is 0 Å². The second-order valence-corrected chi connectivity index (χ2v) is 4.89. The van der Waals surface area contributed by atoms with Gasteiger partial charge in [-0.25, -0.2) is 0 Å². The van der Waals surface area contributed by atoms with Crippen molar-refractivity contribution in [3.8, 4) is 0 Å². The molecule has 1 fully saturated rings. The molecule has 22 heavy (non-hydrogen) atoms. The Labute approximate surface area is 129 Å². The Morgan fingerprint density at radius 1 is 0.864 bits per heavy atom. The Balaban J connectivity index is 3.09. The average molecular weight is 318 g/mol. The first-order valence-corrected chi connectivity index (χ1v) is 7.05. The number of rotatable bonds is 5. The number of carbonyl (C=O) groups excluding carboxylic acids is 3. The van der Waals surface area contributed by atoms with Crippen LogP contribution in [0.3, 0.4) is 0 Å². The van der Waals surface area contributed by atoms with Crippen molar-refractivity contribution in [2.24, 2.45) is 0 Å². The third kappa shape index (κ3) is 4.96. The quantitative estimate of drug-likeness (QED) is 0.536. The molecule has 1 aliphatic heterocycles. The van der Waals surface area contributed by atoms with E-state index in [1.54, 1.807) is 13.8 Å². The van der Waals surface area contributed by atoms with Gasteiger partial charge in [0, 0.05) is 27.4 Å². The summed E-state index contributed by atoms with van der Waals surface area (Å²) in [6.07, 6.45) is -4.45. The number of hydrogen-bond donors (Lipinski definition) is 0. The number of hydrogen-bond acceptors (Lipinski definition) is 8. The fourth-order valence-corrected chi connectivity index (χ4v) is 2.27. The number of ether oxygens (including phenoxy) is 5. The summed E-state index contributed by atoms with van der Waals surface area (Å²) in [5.41, 5.74) is 0. The molecule has 0 N–H and O–H groups in total. The van der Waals surface area contributed by atoms with E-state index in [1.807, 2.05) is 0 Å². The molecule has 1 rings (SSSR count). The minimum atomic E-state index is -1.03. The van der Waals surface area contributed by atoms with Crippen LogP contribution < -0.4 is 0 Å².